The zero-order valence-electron chi connectivity index (χ0n) is 11.0. The van der Waals surface area contributed by atoms with Gasteiger partial charge in [-0.05, 0) is 38.9 Å². The Hall–Kier alpha value is -1.06. The van der Waals surface area contributed by atoms with Gasteiger partial charge < -0.3 is 14.8 Å². The zero-order chi connectivity index (χ0) is 12.6. The summed E-state index contributed by atoms with van der Waals surface area (Å²) < 4.78 is 10.9. The molecule has 0 aliphatic rings. The minimum absolute atomic E-state index is 0.0969. The van der Waals surface area contributed by atoms with Crippen LogP contribution in [0.5, 0.6) is 5.75 Å². The molecule has 1 aromatic carbocycles. The summed E-state index contributed by atoms with van der Waals surface area (Å²) in [6, 6.07) is 9.90. The molecular weight excluding hydrogens is 214 g/mol. The van der Waals surface area contributed by atoms with Crippen molar-refractivity contribution < 1.29 is 9.47 Å². The molecule has 1 rings (SSSR count). The Bertz CT molecular complexity index is 298. The lowest BCUT2D eigenvalue weighted by molar-refractivity contribution is 0.0232. The maximum absolute atomic E-state index is 5.59. The second-order valence-electron chi connectivity index (χ2n) is 4.66. The monoisotopic (exact) mass is 237 g/mol. The Morgan fingerprint density at radius 2 is 1.88 bits per heavy atom. The first-order valence-electron chi connectivity index (χ1n) is 6.08. The van der Waals surface area contributed by atoms with Crippen LogP contribution < -0.4 is 10.1 Å². The Morgan fingerprint density at radius 1 is 1.18 bits per heavy atom. The molecular formula is C14H23NO2. The van der Waals surface area contributed by atoms with Crippen LogP contribution in [0.15, 0.2) is 30.3 Å². The molecule has 0 saturated heterocycles. The number of hydrogen-bond acceptors (Lipinski definition) is 3. The molecule has 96 valence electrons. The summed E-state index contributed by atoms with van der Waals surface area (Å²) in [5, 5.41) is 3.36. The Balaban J connectivity index is 2.02. The maximum Gasteiger partial charge on any atom is 0.119 e. The Kier molecular flexibility index (Phi) is 6.01. The minimum Gasteiger partial charge on any atom is -0.494 e. The van der Waals surface area contributed by atoms with E-state index in [0.717, 1.165) is 31.9 Å². The summed E-state index contributed by atoms with van der Waals surface area (Å²) in [4.78, 5) is 0. The van der Waals surface area contributed by atoms with Gasteiger partial charge in [0, 0.05) is 13.7 Å². The number of nitrogens with one attached hydrogen (secondary N) is 1. The fourth-order valence-electron chi connectivity index (χ4n) is 1.37. The third-order valence-corrected chi connectivity index (χ3v) is 2.61. The van der Waals surface area contributed by atoms with Gasteiger partial charge in [-0.1, -0.05) is 18.2 Å². The van der Waals surface area contributed by atoms with Crippen LogP contribution in [0.1, 0.15) is 20.3 Å². The van der Waals surface area contributed by atoms with Gasteiger partial charge in [0.05, 0.1) is 12.2 Å². The topological polar surface area (TPSA) is 30.5 Å². The van der Waals surface area contributed by atoms with Gasteiger partial charge in [0.1, 0.15) is 5.75 Å². The molecule has 3 nitrogen and oxygen atoms in total. The SMILES string of the molecule is COC(C)(C)CNCCCOc1ccccc1. The minimum atomic E-state index is -0.0969. The normalized spacial score (nSPS) is 11.5. The molecule has 0 aliphatic heterocycles. The van der Waals surface area contributed by atoms with E-state index in [1.165, 1.54) is 0 Å². The highest BCUT2D eigenvalue weighted by molar-refractivity contribution is 5.20. The lowest BCUT2D eigenvalue weighted by atomic mass is 10.1. The molecule has 0 amide bonds. The van der Waals surface area contributed by atoms with E-state index in [9.17, 15) is 0 Å². The highest BCUT2D eigenvalue weighted by atomic mass is 16.5. The molecule has 0 spiro atoms. The molecule has 1 aromatic rings. The fourth-order valence-corrected chi connectivity index (χ4v) is 1.37. The Labute approximate surface area is 104 Å². The van der Waals surface area contributed by atoms with E-state index in [-0.39, 0.29) is 5.60 Å². The number of methoxy groups -OCH3 is 1. The Morgan fingerprint density at radius 3 is 2.53 bits per heavy atom. The van der Waals surface area contributed by atoms with E-state index >= 15 is 0 Å². The second kappa shape index (κ2) is 7.30. The summed E-state index contributed by atoms with van der Waals surface area (Å²) in [6.07, 6.45) is 0.995. The van der Waals surface area contributed by atoms with Crippen LogP contribution in [0.25, 0.3) is 0 Å². The molecule has 17 heavy (non-hydrogen) atoms. The quantitative estimate of drug-likeness (QED) is 0.705. The standard InChI is InChI=1S/C14H23NO2/c1-14(2,16-3)12-15-10-7-11-17-13-8-5-4-6-9-13/h4-6,8-9,15H,7,10-12H2,1-3H3. The smallest absolute Gasteiger partial charge is 0.119 e. The van der Waals surface area contributed by atoms with Crippen molar-refractivity contribution in [2.75, 3.05) is 26.8 Å². The number of rotatable bonds is 8. The highest BCUT2D eigenvalue weighted by Gasteiger charge is 2.14. The van der Waals surface area contributed by atoms with Gasteiger partial charge in [-0.15, -0.1) is 0 Å². The van der Waals surface area contributed by atoms with E-state index in [1.807, 2.05) is 30.3 Å². The maximum atomic E-state index is 5.59. The second-order valence-corrected chi connectivity index (χ2v) is 4.66. The van der Waals surface area contributed by atoms with Crippen LogP contribution in [0.2, 0.25) is 0 Å². The molecule has 0 aliphatic carbocycles. The van der Waals surface area contributed by atoms with Crippen LogP contribution in [-0.4, -0.2) is 32.4 Å². The summed E-state index contributed by atoms with van der Waals surface area (Å²) in [6.45, 7) is 6.68. The van der Waals surface area contributed by atoms with Crippen LogP contribution in [0.4, 0.5) is 0 Å². The molecule has 0 radical (unpaired) electrons. The van der Waals surface area contributed by atoms with Crippen molar-refractivity contribution in [1.29, 1.82) is 0 Å². The number of ether oxygens (including phenoxy) is 2. The van der Waals surface area contributed by atoms with Crippen molar-refractivity contribution in [3.63, 3.8) is 0 Å². The van der Waals surface area contributed by atoms with Gasteiger partial charge in [-0.2, -0.15) is 0 Å². The van der Waals surface area contributed by atoms with E-state index in [2.05, 4.69) is 19.2 Å². The summed E-state index contributed by atoms with van der Waals surface area (Å²) in [7, 11) is 1.74. The van der Waals surface area contributed by atoms with Crippen LogP contribution in [-0.2, 0) is 4.74 Å². The zero-order valence-corrected chi connectivity index (χ0v) is 11.0. The van der Waals surface area contributed by atoms with Gasteiger partial charge in [0.15, 0.2) is 0 Å². The first-order chi connectivity index (χ1) is 8.14. The van der Waals surface area contributed by atoms with Crippen molar-refractivity contribution in [2.45, 2.75) is 25.9 Å². The molecule has 0 saturated carbocycles. The van der Waals surface area contributed by atoms with Crippen LogP contribution in [0, 0.1) is 0 Å². The average molecular weight is 237 g/mol. The number of hydrogen-bond donors (Lipinski definition) is 1. The molecule has 0 heterocycles. The third kappa shape index (κ3) is 6.29. The van der Waals surface area contributed by atoms with Gasteiger partial charge in [-0.3, -0.25) is 0 Å². The molecule has 0 aromatic heterocycles. The first-order valence-corrected chi connectivity index (χ1v) is 6.08. The summed E-state index contributed by atoms with van der Waals surface area (Å²) in [5.74, 6) is 0.935. The predicted octanol–water partition coefficient (Wildman–Crippen LogP) is 2.47. The highest BCUT2D eigenvalue weighted by Crippen LogP contribution is 2.08. The van der Waals surface area contributed by atoms with E-state index in [1.54, 1.807) is 7.11 Å². The molecule has 0 fully saturated rings. The molecule has 0 unspecified atom stereocenters. The van der Waals surface area contributed by atoms with Crippen molar-refractivity contribution in [1.82, 2.24) is 5.32 Å². The van der Waals surface area contributed by atoms with Crippen molar-refractivity contribution in [3.8, 4) is 5.75 Å². The van der Waals surface area contributed by atoms with Crippen molar-refractivity contribution in [3.05, 3.63) is 30.3 Å². The van der Waals surface area contributed by atoms with Gasteiger partial charge in [0.2, 0.25) is 0 Å². The van der Waals surface area contributed by atoms with E-state index in [4.69, 9.17) is 9.47 Å². The summed E-state index contributed by atoms with van der Waals surface area (Å²) in [5.41, 5.74) is -0.0969. The fraction of sp³-hybridized carbons (Fsp3) is 0.571. The number of benzene rings is 1. The lowest BCUT2D eigenvalue weighted by Crippen LogP contribution is -2.37. The van der Waals surface area contributed by atoms with E-state index in [0.29, 0.717) is 0 Å². The third-order valence-electron chi connectivity index (χ3n) is 2.61. The van der Waals surface area contributed by atoms with Crippen LogP contribution >= 0.6 is 0 Å². The first kappa shape index (κ1) is 14.0. The lowest BCUT2D eigenvalue weighted by Gasteiger charge is -2.23. The molecule has 0 bridgehead atoms. The summed E-state index contributed by atoms with van der Waals surface area (Å²) >= 11 is 0. The van der Waals surface area contributed by atoms with Gasteiger partial charge in [-0.25, -0.2) is 0 Å². The molecule has 1 N–H and O–H groups in total. The predicted molar refractivity (Wildman–Crippen MR) is 70.5 cm³/mol. The van der Waals surface area contributed by atoms with Gasteiger partial charge >= 0.3 is 0 Å². The van der Waals surface area contributed by atoms with Crippen LogP contribution in [0.3, 0.4) is 0 Å². The van der Waals surface area contributed by atoms with Gasteiger partial charge in [0.25, 0.3) is 0 Å². The largest absolute Gasteiger partial charge is 0.494 e. The van der Waals surface area contributed by atoms with Crippen molar-refractivity contribution in [2.24, 2.45) is 0 Å². The molecule has 3 heteroatoms. The average Bonchev–Trinajstić information content (AvgIpc) is 2.35. The van der Waals surface area contributed by atoms with E-state index < -0.39 is 0 Å². The van der Waals surface area contributed by atoms with Crippen molar-refractivity contribution >= 4 is 0 Å². The molecule has 0 atom stereocenters. The number of para-hydroxylation sites is 1.